The van der Waals surface area contributed by atoms with E-state index < -0.39 is 0 Å². The van der Waals surface area contributed by atoms with Crippen LogP contribution in [0, 0.1) is 11.3 Å². The quantitative estimate of drug-likeness (QED) is 0.761. The molecule has 2 fully saturated rings. The number of hydrogen-bond acceptors (Lipinski definition) is 3. The molecule has 0 aromatic carbocycles. The first-order valence-electron chi connectivity index (χ1n) is 6.24. The monoisotopic (exact) mass is 212 g/mol. The van der Waals surface area contributed by atoms with Crippen molar-refractivity contribution in [1.29, 1.82) is 0 Å². The maximum absolute atomic E-state index is 5.91. The zero-order valence-electron chi connectivity index (χ0n) is 9.87. The fourth-order valence-electron chi connectivity index (χ4n) is 2.69. The second kappa shape index (κ2) is 4.81. The highest BCUT2D eigenvalue weighted by molar-refractivity contribution is 4.88. The summed E-state index contributed by atoms with van der Waals surface area (Å²) in [7, 11) is 0. The summed E-state index contributed by atoms with van der Waals surface area (Å²) < 4.78 is 5.51. The third-order valence-corrected chi connectivity index (χ3v) is 4.05. The molecular formula is C12H24N2O. The van der Waals surface area contributed by atoms with Gasteiger partial charge in [-0.05, 0) is 38.3 Å². The molecule has 0 spiro atoms. The van der Waals surface area contributed by atoms with Gasteiger partial charge in [-0.2, -0.15) is 0 Å². The van der Waals surface area contributed by atoms with E-state index in [9.17, 15) is 0 Å². The van der Waals surface area contributed by atoms with Gasteiger partial charge in [-0.25, -0.2) is 0 Å². The second-order valence-electron chi connectivity index (χ2n) is 5.47. The Morgan fingerprint density at radius 3 is 2.67 bits per heavy atom. The predicted octanol–water partition coefficient (Wildman–Crippen LogP) is 1.08. The van der Waals surface area contributed by atoms with E-state index in [2.05, 4.69) is 11.8 Å². The Bertz CT molecular complexity index is 194. The van der Waals surface area contributed by atoms with Gasteiger partial charge in [-0.1, -0.05) is 6.92 Å². The standard InChI is InChI=1S/C12H24N2O/c1-11-2-5-14(6-3-11)9-12(8-13)4-7-15-10-12/h11H,2-10,13H2,1H3. The first-order valence-corrected chi connectivity index (χ1v) is 6.24. The van der Waals surface area contributed by atoms with Crippen molar-refractivity contribution in [3.05, 3.63) is 0 Å². The Labute approximate surface area is 93.0 Å². The molecule has 0 radical (unpaired) electrons. The maximum Gasteiger partial charge on any atom is 0.0547 e. The number of ether oxygens (including phenoxy) is 1. The van der Waals surface area contributed by atoms with Crippen LogP contribution in [0.1, 0.15) is 26.2 Å². The van der Waals surface area contributed by atoms with Crippen LogP contribution in [0.4, 0.5) is 0 Å². The fraction of sp³-hybridized carbons (Fsp3) is 1.00. The third kappa shape index (κ3) is 2.71. The van der Waals surface area contributed by atoms with Gasteiger partial charge >= 0.3 is 0 Å². The van der Waals surface area contributed by atoms with Crippen LogP contribution in [0.5, 0.6) is 0 Å². The van der Waals surface area contributed by atoms with E-state index >= 15 is 0 Å². The van der Waals surface area contributed by atoms with E-state index in [1.165, 1.54) is 25.9 Å². The minimum Gasteiger partial charge on any atom is -0.381 e. The molecule has 1 atom stereocenters. The lowest BCUT2D eigenvalue weighted by Crippen LogP contribution is -2.45. The zero-order valence-corrected chi connectivity index (χ0v) is 9.87. The highest BCUT2D eigenvalue weighted by atomic mass is 16.5. The van der Waals surface area contributed by atoms with Gasteiger partial charge in [0.2, 0.25) is 0 Å². The lowest BCUT2D eigenvalue weighted by Gasteiger charge is -2.37. The molecule has 2 N–H and O–H groups in total. The molecule has 0 bridgehead atoms. The molecule has 3 nitrogen and oxygen atoms in total. The molecule has 0 aliphatic carbocycles. The van der Waals surface area contributed by atoms with Crippen molar-refractivity contribution in [1.82, 2.24) is 4.90 Å². The SMILES string of the molecule is CC1CCN(CC2(CN)CCOC2)CC1. The number of hydrogen-bond donors (Lipinski definition) is 1. The lowest BCUT2D eigenvalue weighted by atomic mass is 9.85. The summed E-state index contributed by atoms with van der Waals surface area (Å²) in [5.41, 5.74) is 6.17. The first kappa shape index (κ1) is 11.4. The van der Waals surface area contributed by atoms with Crippen molar-refractivity contribution < 1.29 is 4.74 Å². The van der Waals surface area contributed by atoms with E-state index in [1.54, 1.807) is 0 Å². The molecule has 0 saturated carbocycles. The fourth-order valence-corrected chi connectivity index (χ4v) is 2.69. The molecule has 2 aliphatic rings. The van der Waals surface area contributed by atoms with Gasteiger partial charge < -0.3 is 15.4 Å². The Hall–Kier alpha value is -0.120. The average Bonchev–Trinajstić information content (AvgIpc) is 2.71. The molecule has 3 heteroatoms. The number of nitrogens with zero attached hydrogens (tertiary/aromatic N) is 1. The topological polar surface area (TPSA) is 38.5 Å². The van der Waals surface area contributed by atoms with Gasteiger partial charge in [0.25, 0.3) is 0 Å². The minimum absolute atomic E-state index is 0.264. The third-order valence-electron chi connectivity index (χ3n) is 4.05. The lowest BCUT2D eigenvalue weighted by molar-refractivity contribution is 0.0948. The average molecular weight is 212 g/mol. The molecule has 0 amide bonds. The Balaban J connectivity index is 1.84. The van der Waals surface area contributed by atoms with Gasteiger partial charge in [-0.15, -0.1) is 0 Å². The molecule has 88 valence electrons. The van der Waals surface area contributed by atoms with E-state index in [1.807, 2.05) is 0 Å². The summed E-state index contributed by atoms with van der Waals surface area (Å²) in [5, 5.41) is 0. The van der Waals surface area contributed by atoms with Gasteiger partial charge in [0.05, 0.1) is 6.61 Å². The zero-order chi connectivity index (χ0) is 10.7. The van der Waals surface area contributed by atoms with Crippen molar-refractivity contribution in [3.8, 4) is 0 Å². The second-order valence-corrected chi connectivity index (χ2v) is 5.47. The van der Waals surface area contributed by atoms with Crippen LogP contribution in [-0.4, -0.2) is 44.3 Å². The summed E-state index contributed by atoms with van der Waals surface area (Å²) in [6, 6.07) is 0. The number of piperidine rings is 1. The molecule has 0 aromatic heterocycles. The normalized spacial score (nSPS) is 34.8. The molecule has 0 aromatic rings. The van der Waals surface area contributed by atoms with Crippen molar-refractivity contribution in [3.63, 3.8) is 0 Å². The molecule has 2 aliphatic heterocycles. The van der Waals surface area contributed by atoms with E-state index in [4.69, 9.17) is 10.5 Å². The van der Waals surface area contributed by atoms with Gasteiger partial charge in [0.15, 0.2) is 0 Å². The van der Waals surface area contributed by atoms with Gasteiger partial charge in [-0.3, -0.25) is 0 Å². The number of likely N-dealkylation sites (tertiary alicyclic amines) is 1. The van der Waals surface area contributed by atoms with Crippen LogP contribution in [0.2, 0.25) is 0 Å². The van der Waals surface area contributed by atoms with Crippen molar-refractivity contribution in [2.75, 3.05) is 39.4 Å². The molecule has 15 heavy (non-hydrogen) atoms. The van der Waals surface area contributed by atoms with E-state index in [-0.39, 0.29) is 5.41 Å². The Morgan fingerprint density at radius 1 is 1.40 bits per heavy atom. The van der Waals surface area contributed by atoms with Crippen LogP contribution >= 0.6 is 0 Å². The molecule has 2 rings (SSSR count). The minimum atomic E-state index is 0.264. The largest absolute Gasteiger partial charge is 0.381 e. The predicted molar refractivity (Wildman–Crippen MR) is 61.8 cm³/mol. The molecule has 2 heterocycles. The molecule has 1 unspecified atom stereocenters. The summed E-state index contributed by atoms with van der Waals surface area (Å²) in [6.07, 6.45) is 3.85. The van der Waals surface area contributed by atoms with Crippen LogP contribution in [-0.2, 0) is 4.74 Å². The van der Waals surface area contributed by atoms with Crippen LogP contribution in [0.25, 0.3) is 0 Å². The van der Waals surface area contributed by atoms with Crippen molar-refractivity contribution in [2.45, 2.75) is 26.2 Å². The molecule has 2 saturated heterocycles. The van der Waals surface area contributed by atoms with E-state index in [0.29, 0.717) is 0 Å². The first-order chi connectivity index (χ1) is 7.24. The van der Waals surface area contributed by atoms with Gasteiger partial charge in [0, 0.05) is 25.1 Å². The van der Waals surface area contributed by atoms with E-state index in [0.717, 1.165) is 38.6 Å². The highest BCUT2D eigenvalue weighted by Crippen LogP contribution is 2.30. The van der Waals surface area contributed by atoms with Crippen LogP contribution < -0.4 is 5.73 Å². The Kier molecular flexibility index (Phi) is 3.65. The van der Waals surface area contributed by atoms with Crippen LogP contribution in [0.15, 0.2) is 0 Å². The maximum atomic E-state index is 5.91. The smallest absolute Gasteiger partial charge is 0.0547 e. The number of rotatable bonds is 3. The summed E-state index contributed by atoms with van der Waals surface area (Å²) in [5.74, 6) is 0.912. The van der Waals surface area contributed by atoms with Crippen molar-refractivity contribution >= 4 is 0 Å². The Morgan fingerprint density at radius 2 is 2.13 bits per heavy atom. The summed E-state index contributed by atoms with van der Waals surface area (Å²) in [6.45, 7) is 8.56. The van der Waals surface area contributed by atoms with Crippen LogP contribution in [0.3, 0.4) is 0 Å². The molecular weight excluding hydrogens is 188 g/mol. The highest BCUT2D eigenvalue weighted by Gasteiger charge is 2.35. The number of nitrogens with two attached hydrogens (primary N) is 1. The van der Waals surface area contributed by atoms with Gasteiger partial charge in [0.1, 0.15) is 0 Å². The van der Waals surface area contributed by atoms with Crippen molar-refractivity contribution in [2.24, 2.45) is 17.1 Å². The summed E-state index contributed by atoms with van der Waals surface area (Å²) in [4.78, 5) is 2.58. The summed E-state index contributed by atoms with van der Waals surface area (Å²) >= 11 is 0.